The van der Waals surface area contributed by atoms with Gasteiger partial charge in [-0.15, -0.1) is 0 Å². The maximum Gasteiger partial charge on any atom is 0.326 e. The summed E-state index contributed by atoms with van der Waals surface area (Å²) in [6, 6.07) is -1.31. The quantitative estimate of drug-likeness (QED) is 0.602. The van der Waals surface area contributed by atoms with E-state index in [9.17, 15) is 14.7 Å². The molecule has 0 saturated carbocycles. The minimum atomic E-state index is -1.06. The highest BCUT2D eigenvalue weighted by Gasteiger charge is 2.38. The monoisotopic (exact) mass is 290 g/mol. The number of carbonyl (C=O) groups excluding carboxylic acids is 1. The van der Waals surface area contributed by atoms with E-state index in [0.29, 0.717) is 6.54 Å². The van der Waals surface area contributed by atoms with E-state index in [2.05, 4.69) is 11.6 Å². The number of carboxylic acids is 1. The van der Waals surface area contributed by atoms with Crippen molar-refractivity contribution < 1.29 is 19.8 Å². The molecule has 110 valence electrons. The summed E-state index contributed by atoms with van der Waals surface area (Å²) < 4.78 is 0. The van der Waals surface area contributed by atoms with Gasteiger partial charge in [0, 0.05) is 19.5 Å². The number of urea groups is 1. The molecule has 0 radical (unpaired) electrons. The third-order valence-electron chi connectivity index (χ3n) is 3.13. The Kier molecular flexibility index (Phi) is 7.01. The summed E-state index contributed by atoms with van der Waals surface area (Å²) in [6.07, 6.45) is 4.49. The molecule has 0 aromatic carbocycles. The van der Waals surface area contributed by atoms with Gasteiger partial charge in [0.2, 0.25) is 0 Å². The fraction of sp³-hybridized carbons (Fsp3) is 0.833. The van der Waals surface area contributed by atoms with Gasteiger partial charge in [-0.2, -0.15) is 11.8 Å². The molecule has 19 heavy (non-hydrogen) atoms. The Morgan fingerprint density at radius 2 is 2.11 bits per heavy atom. The SMILES string of the molecule is CSCCCCCNC(=O)N1CC(O)CC1C(=O)O. The molecule has 0 spiro atoms. The van der Waals surface area contributed by atoms with Gasteiger partial charge in [0.25, 0.3) is 0 Å². The third kappa shape index (κ3) is 5.28. The van der Waals surface area contributed by atoms with E-state index in [-0.39, 0.29) is 13.0 Å². The Hall–Kier alpha value is -0.950. The van der Waals surface area contributed by atoms with Gasteiger partial charge in [-0.25, -0.2) is 9.59 Å². The summed E-state index contributed by atoms with van der Waals surface area (Å²) in [7, 11) is 0. The van der Waals surface area contributed by atoms with E-state index >= 15 is 0 Å². The number of aliphatic hydroxyl groups is 1. The second-order valence-corrected chi connectivity index (χ2v) is 5.67. The van der Waals surface area contributed by atoms with Crippen LogP contribution < -0.4 is 5.32 Å². The summed E-state index contributed by atoms with van der Waals surface area (Å²) in [5, 5.41) is 21.1. The number of aliphatic hydroxyl groups excluding tert-OH is 1. The van der Waals surface area contributed by atoms with E-state index in [1.165, 1.54) is 4.90 Å². The molecule has 1 saturated heterocycles. The number of β-amino-alcohol motifs (C(OH)–C–C–N with tert-alkyl or cyclic N) is 1. The van der Waals surface area contributed by atoms with Crippen LogP contribution in [0.4, 0.5) is 4.79 Å². The van der Waals surface area contributed by atoms with Crippen LogP contribution in [0.3, 0.4) is 0 Å². The lowest BCUT2D eigenvalue weighted by atomic mass is 10.2. The summed E-state index contributed by atoms with van der Waals surface area (Å²) in [4.78, 5) is 24.0. The number of carboxylic acid groups (broad SMARTS) is 1. The van der Waals surface area contributed by atoms with Crippen LogP contribution in [0.2, 0.25) is 0 Å². The lowest BCUT2D eigenvalue weighted by molar-refractivity contribution is -0.141. The number of rotatable bonds is 7. The van der Waals surface area contributed by atoms with Crippen molar-refractivity contribution >= 4 is 23.8 Å². The maximum atomic E-state index is 11.8. The second-order valence-electron chi connectivity index (χ2n) is 4.68. The molecule has 1 fully saturated rings. The zero-order valence-electron chi connectivity index (χ0n) is 11.2. The van der Waals surface area contributed by atoms with Gasteiger partial charge in [0.05, 0.1) is 6.10 Å². The lowest BCUT2D eigenvalue weighted by Crippen LogP contribution is -2.46. The van der Waals surface area contributed by atoms with Crippen molar-refractivity contribution in [2.24, 2.45) is 0 Å². The number of amides is 2. The average Bonchev–Trinajstić information content (AvgIpc) is 2.76. The number of carbonyl (C=O) groups is 2. The second kappa shape index (κ2) is 8.27. The fourth-order valence-electron chi connectivity index (χ4n) is 2.12. The van der Waals surface area contributed by atoms with Crippen molar-refractivity contribution in [2.75, 3.05) is 25.1 Å². The van der Waals surface area contributed by atoms with Gasteiger partial charge in [-0.3, -0.25) is 0 Å². The molecule has 1 heterocycles. The van der Waals surface area contributed by atoms with Crippen LogP contribution >= 0.6 is 11.8 Å². The van der Waals surface area contributed by atoms with E-state index in [1.54, 1.807) is 11.8 Å². The standard InChI is InChI=1S/C12H22N2O4S/c1-19-6-4-2-3-5-13-12(18)14-8-9(15)7-10(14)11(16)17/h9-10,15H,2-8H2,1H3,(H,13,18)(H,16,17). The molecule has 0 aromatic heterocycles. The number of unbranched alkanes of at least 4 members (excludes halogenated alkanes) is 2. The first-order valence-corrected chi connectivity index (χ1v) is 7.90. The highest BCUT2D eigenvalue weighted by Crippen LogP contribution is 2.18. The Bertz CT molecular complexity index is 314. The zero-order valence-corrected chi connectivity index (χ0v) is 12.0. The van der Waals surface area contributed by atoms with E-state index < -0.39 is 24.1 Å². The number of nitrogens with one attached hydrogen (secondary N) is 1. The number of aliphatic carboxylic acids is 1. The van der Waals surface area contributed by atoms with Crippen LogP contribution in [0.5, 0.6) is 0 Å². The van der Waals surface area contributed by atoms with Crippen LogP contribution in [0.15, 0.2) is 0 Å². The topological polar surface area (TPSA) is 89.9 Å². The molecule has 7 heteroatoms. The van der Waals surface area contributed by atoms with E-state index in [1.807, 2.05) is 0 Å². The number of nitrogens with zero attached hydrogens (tertiary/aromatic N) is 1. The highest BCUT2D eigenvalue weighted by molar-refractivity contribution is 7.98. The fourth-order valence-corrected chi connectivity index (χ4v) is 2.61. The molecule has 6 nitrogen and oxygen atoms in total. The van der Waals surface area contributed by atoms with Gasteiger partial charge >= 0.3 is 12.0 Å². The Morgan fingerprint density at radius 1 is 1.37 bits per heavy atom. The maximum absolute atomic E-state index is 11.8. The normalized spacial score (nSPS) is 22.5. The molecule has 2 unspecified atom stereocenters. The van der Waals surface area contributed by atoms with Crippen molar-refractivity contribution in [1.82, 2.24) is 10.2 Å². The predicted octanol–water partition coefficient (Wildman–Crippen LogP) is 0.749. The largest absolute Gasteiger partial charge is 0.480 e. The molecule has 3 N–H and O–H groups in total. The molecule has 0 aliphatic carbocycles. The van der Waals surface area contributed by atoms with Crippen molar-refractivity contribution in [3.63, 3.8) is 0 Å². The molecule has 0 aromatic rings. The summed E-state index contributed by atoms with van der Waals surface area (Å²) in [5.41, 5.74) is 0. The summed E-state index contributed by atoms with van der Waals surface area (Å²) >= 11 is 1.80. The first kappa shape index (κ1) is 16.1. The van der Waals surface area contributed by atoms with Gasteiger partial charge in [0.1, 0.15) is 6.04 Å². The van der Waals surface area contributed by atoms with Crippen LogP contribution in [0.25, 0.3) is 0 Å². The minimum absolute atomic E-state index is 0.0925. The summed E-state index contributed by atoms with van der Waals surface area (Å²) in [5.74, 6) is 0.0551. The Morgan fingerprint density at radius 3 is 2.74 bits per heavy atom. The van der Waals surface area contributed by atoms with Gasteiger partial charge in [-0.05, 0) is 24.9 Å². The molecule has 2 atom stereocenters. The molecule has 0 bridgehead atoms. The number of hydrogen-bond donors (Lipinski definition) is 3. The first-order chi connectivity index (χ1) is 9.06. The number of likely N-dealkylation sites (tertiary alicyclic amines) is 1. The molecule has 2 amide bonds. The minimum Gasteiger partial charge on any atom is -0.480 e. The molecule has 1 rings (SSSR count). The lowest BCUT2D eigenvalue weighted by Gasteiger charge is -2.21. The van der Waals surface area contributed by atoms with Crippen LogP contribution in [-0.4, -0.2) is 64.4 Å². The first-order valence-electron chi connectivity index (χ1n) is 6.50. The predicted molar refractivity (Wildman–Crippen MR) is 74.4 cm³/mol. The Labute approximate surface area is 117 Å². The zero-order chi connectivity index (χ0) is 14.3. The number of hydrogen-bond acceptors (Lipinski definition) is 4. The molecule has 1 aliphatic heterocycles. The van der Waals surface area contributed by atoms with Crippen molar-refractivity contribution in [3.8, 4) is 0 Å². The van der Waals surface area contributed by atoms with Crippen molar-refractivity contribution in [1.29, 1.82) is 0 Å². The van der Waals surface area contributed by atoms with Crippen LogP contribution in [0.1, 0.15) is 25.7 Å². The molecule has 1 aliphatic rings. The molecular formula is C12H22N2O4S. The van der Waals surface area contributed by atoms with Crippen molar-refractivity contribution in [2.45, 2.75) is 37.8 Å². The average molecular weight is 290 g/mol. The summed E-state index contributed by atoms with van der Waals surface area (Å²) in [6.45, 7) is 0.640. The van der Waals surface area contributed by atoms with Crippen LogP contribution in [-0.2, 0) is 4.79 Å². The van der Waals surface area contributed by atoms with Gasteiger partial charge in [0.15, 0.2) is 0 Å². The van der Waals surface area contributed by atoms with E-state index in [0.717, 1.165) is 25.0 Å². The Balaban J connectivity index is 2.26. The third-order valence-corrected chi connectivity index (χ3v) is 3.82. The highest BCUT2D eigenvalue weighted by atomic mass is 32.2. The molecular weight excluding hydrogens is 268 g/mol. The van der Waals surface area contributed by atoms with Gasteiger partial charge in [-0.1, -0.05) is 6.42 Å². The van der Waals surface area contributed by atoms with Crippen LogP contribution in [0, 0.1) is 0 Å². The van der Waals surface area contributed by atoms with Crippen molar-refractivity contribution in [3.05, 3.63) is 0 Å². The smallest absolute Gasteiger partial charge is 0.326 e. The van der Waals surface area contributed by atoms with Gasteiger partial charge < -0.3 is 20.4 Å². The number of thioether (sulfide) groups is 1. The van der Waals surface area contributed by atoms with E-state index in [4.69, 9.17) is 5.11 Å².